The zero-order valence-corrected chi connectivity index (χ0v) is 17.9. The van der Waals surface area contributed by atoms with Crippen LogP contribution in [0.5, 0.6) is 0 Å². The van der Waals surface area contributed by atoms with Crippen molar-refractivity contribution in [1.82, 2.24) is 9.88 Å². The van der Waals surface area contributed by atoms with E-state index in [1.807, 2.05) is 52.7 Å². The summed E-state index contributed by atoms with van der Waals surface area (Å²) in [5, 5.41) is 11.6. The molecule has 0 radical (unpaired) electrons. The van der Waals surface area contributed by atoms with Gasteiger partial charge in [-0.2, -0.15) is 0 Å². The van der Waals surface area contributed by atoms with Crippen molar-refractivity contribution < 1.29 is 4.79 Å². The normalized spacial score (nSPS) is 13.9. The molecule has 3 heterocycles. The van der Waals surface area contributed by atoms with Gasteiger partial charge in [-0.15, -0.1) is 11.3 Å². The van der Waals surface area contributed by atoms with Crippen molar-refractivity contribution >= 4 is 39.4 Å². The topological polar surface area (TPSA) is 60.0 Å². The van der Waals surface area contributed by atoms with Crippen molar-refractivity contribution in [2.45, 2.75) is 12.8 Å². The van der Waals surface area contributed by atoms with Gasteiger partial charge in [0.1, 0.15) is 0 Å². The standard InChI is InChI=1S/C26H23N3OS/c27-23(25-7-4-14-31-25)16-18-8-9-24-21(15-18)22(17-28-24)19-10-12-29(13-11-19)26(30)20-5-2-1-3-6-20/h1-10,14-15,17,27-28H,11-13,16H2. The molecule has 0 saturated heterocycles. The van der Waals surface area contributed by atoms with E-state index in [4.69, 9.17) is 5.41 Å². The number of fused-ring (bicyclic) bond motifs is 1. The molecule has 1 aliphatic heterocycles. The summed E-state index contributed by atoms with van der Waals surface area (Å²) >= 11 is 1.61. The molecule has 1 aliphatic rings. The van der Waals surface area contributed by atoms with Gasteiger partial charge in [-0.3, -0.25) is 4.79 Å². The van der Waals surface area contributed by atoms with Gasteiger partial charge in [-0.1, -0.05) is 36.4 Å². The van der Waals surface area contributed by atoms with Crippen LogP contribution in [-0.4, -0.2) is 34.6 Å². The van der Waals surface area contributed by atoms with Gasteiger partial charge in [-0.25, -0.2) is 0 Å². The number of carbonyl (C=O) groups excluding carboxylic acids is 1. The molecule has 2 N–H and O–H groups in total. The largest absolute Gasteiger partial charge is 0.361 e. The first-order valence-electron chi connectivity index (χ1n) is 10.4. The van der Waals surface area contributed by atoms with Crippen molar-refractivity contribution in [3.05, 3.63) is 99.9 Å². The van der Waals surface area contributed by atoms with E-state index in [2.05, 4.69) is 35.5 Å². The fourth-order valence-electron chi connectivity index (χ4n) is 4.15. The van der Waals surface area contributed by atoms with E-state index in [9.17, 15) is 4.79 Å². The Morgan fingerprint density at radius 1 is 1.10 bits per heavy atom. The number of rotatable bonds is 5. The predicted octanol–water partition coefficient (Wildman–Crippen LogP) is 5.77. The Labute approximate surface area is 185 Å². The summed E-state index contributed by atoms with van der Waals surface area (Å²) in [5.74, 6) is 0.0872. The Morgan fingerprint density at radius 3 is 2.71 bits per heavy atom. The fourth-order valence-corrected chi connectivity index (χ4v) is 4.82. The first kappa shape index (κ1) is 19.5. The van der Waals surface area contributed by atoms with Crippen LogP contribution in [0.15, 0.2) is 78.3 Å². The first-order chi connectivity index (χ1) is 15.2. The molecule has 5 heteroatoms. The maximum atomic E-state index is 12.7. The molecule has 0 spiro atoms. The van der Waals surface area contributed by atoms with Crippen LogP contribution < -0.4 is 0 Å². The van der Waals surface area contributed by atoms with Crippen LogP contribution in [0.2, 0.25) is 0 Å². The van der Waals surface area contributed by atoms with Gasteiger partial charge in [0.05, 0.1) is 5.71 Å². The lowest BCUT2D eigenvalue weighted by atomic mass is 9.96. The third kappa shape index (κ3) is 3.97. The number of aromatic nitrogens is 1. The van der Waals surface area contributed by atoms with Crippen molar-refractivity contribution in [1.29, 1.82) is 5.41 Å². The van der Waals surface area contributed by atoms with Gasteiger partial charge in [0.15, 0.2) is 0 Å². The maximum Gasteiger partial charge on any atom is 0.254 e. The zero-order valence-electron chi connectivity index (χ0n) is 17.1. The quantitative estimate of drug-likeness (QED) is 0.392. The molecule has 154 valence electrons. The molecular formula is C26H23N3OS. The second-order valence-corrected chi connectivity index (χ2v) is 8.76. The second kappa shape index (κ2) is 8.36. The lowest BCUT2D eigenvalue weighted by Gasteiger charge is -2.26. The molecule has 2 aromatic heterocycles. The minimum Gasteiger partial charge on any atom is -0.361 e. The number of hydrogen-bond donors (Lipinski definition) is 2. The lowest BCUT2D eigenvalue weighted by molar-refractivity contribution is 0.0773. The molecule has 4 nitrogen and oxygen atoms in total. The number of nitrogens with one attached hydrogen (secondary N) is 2. The molecule has 4 aromatic rings. The molecule has 31 heavy (non-hydrogen) atoms. The molecule has 0 bridgehead atoms. The highest BCUT2D eigenvalue weighted by Gasteiger charge is 2.20. The summed E-state index contributed by atoms with van der Waals surface area (Å²) in [5.41, 5.74) is 6.11. The van der Waals surface area contributed by atoms with E-state index in [-0.39, 0.29) is 5.91 Å². The number of hydrogen-bond acceptors (Lipinski definition) is 3. The van der Waals surface area contributed by atoms with Crippen molar-refractivity contribution in [3.8, 4) is 0 Å². The van der Waals surface area contributed by atoms with Crippen LogP contribution >= 0.6 is 11.3 Å². The molecule has 1 amide bonds. The minimum absolute atomic E-state index is 0.0872. The van der Waals surface area contributed by atoms with E-state index in [0.717, 1.165) is 34.5 Å². The first-order valence-corrected chi connectivity index (χ1v) is 11.3. The number of carbonyl (C=O) groups is 1. The maximum absolute atomic E-state index is 12.7. The third-order valence-corrected chi connectivity index (χ3v) is 6.74. The van der Waals surface area contributed by atoms with Crippen LogP contribution in [0.3, 0.4) is 0 Å². The van der Waals surface area contributed by atoms with Crippen molar-refractivity contribution in [2.24, 2.45) is 0 Å². The highest BCUT2D eigenvalue weighted by molar-refractivity contribution is 7.12. The smallest absolute Gasteiger partial charge is 0.254 e. The number of benzene rings is 2. The van der Waals surface area contributed by atoms with Gasteiger partial charge >= 0.3 is 0 Å². The predicted molar refractivity (Wildman–Crippen MR) is 128 cm³/mol. The van der Waals surface area contributed by atoms with Gasteiger partial charge in [-0.05, 0) is 53.3 Å². The fraction of sp³-hybridized carbons (Fsp3) is 0.154. The van der Waals surface area contributed by atoms with Crippen molar-refractivity contribution in [3.63, 3.8) is 0 Å². The highest BCUT2D eigenvalue weighted by atomic mass is 32.1. The molecule has 0 saturated carbocycles. The number of nitrogens with zero attached hydrogens (tertiary/aromatic N) is 1. The number of thiophene rings is 1. The van der Waals surface area contributed by atoms with Crippen LogP contribution in [0, 0.1) is 5.41 Å². The van der Waals surface area contributed by atoms with E-state index in [0.29, 0.717) is 18.7 Å². The Hall–Kier alpha value is -3.44. The van der Waals surface area contributed by atoms with Gasteiger partial charge in [0.25, 0.3) is 5.91 Å². The molecule has 0 unspecified atom stereocenters. The lowest BCUT2D eigenvalue weighted by Crippen LogP contribution is -2.34. The average molecular weight is 426 g/mol. The molecule has 2 aromatic carbocycles. The third-order valence-electron chi connectivity index (χ3n) is 5.81. The Balaban J connectivity index is 1.36. The van der Waals surface area contributed by atoms with Crippen LogP contribution in [0.1, 0.15) is 32.8 Å². The summed E-state index contributed by atoms with van der Waals surface area (Å²) in [6, 6.07) is 19.9. The van der Waals surface area contributed by atoms with Crippen LogP contribution in [-0.2, 0) is 6.42 Å². The van der Waals surface area contributed by atoms with E-state index in [1.165, 1.54) is 16.5 Å². The molecule has 5 rings (SSSR count). The second-order valence-electron chi connectivity index (χ2n) is 7.81. The summed E-state index contributed by atoms with van der Waals surface area (Å²) in [7, 11) is 0. The zero-order chi connectivity index (χ0) is 21.2. The summed E-state index contributed by atoms with van der Waals surface area (Å²) < 4.78 is 0. The number of amides is 1. The van der Waals surface area contributed by atoms with E-state index in [1.54, 1.807) is 11.3 Å². The summed E-state index contributed by atoms with van der Waals surface area (Å²) in [6.07, 6.45) is 5.70. The minimum atomic E-state index is 0.0872. The average Bonchev–Trinajstić information content (AvgIpc) is 3.50. The summed E-state index contributed by atoms with van der Waals surface area (Å²) in [6.45, 7) is 1.34. The van der Waals surface area contributed by atoms with E-state index >= 15 is 0 Å². The van der Waals surface area contributed by atoms with E-state index < -0.39 is 0 Å². The van der Waals surface area contributed by atoms with Gasteiger partial charge in [0.2, 0.25) is 0 Å². The highest BCUT2D eigenvalue weighted by Crippen LogP contribution is 2.30. The Morgan fingerprint density at radius 2 is 1.97 bits per heavy atom. The number of H-pyrrole nitrogens is 1. The molecule has 0 atom stereocenters. The van der Waals surface area contributed by atoms with Crippen LogP contribution in [0.4, 0.5) is 0 Å². The number of aromatic amines is 1. The van der Waals surface area contributed by atoms with Gasteiger partial charge < -0.3 is 15.3 Å². The summed E-state index contributed by atoms with van der Waals surface area (Å²) in [4.78, 5) is 19.0. The monoisotopic (exact) mass is 425 g/mol. The Bertz CT molecular complexity index is 1270. The molecule has 0 fully saturated rings. The Kier molecular flexibility index (Phi) is 5.26. The van der Waals surface area contributed by atoms with Crippen LogP contribution in [0.25, 0.3) is 16.5 Å². The SMILES string of the molecule is N=C(Cc1ccc2[nH]cc(C3=CCN(C(=O)c4ccccc4)CC3)c2c1)c1cccs1. The van der Waals surface area contributed by atoms with Gasteiger partial charge in [0, 0.05) is 52.6 Å². The molecule has 0 aliphatic carbocycles. The molecular weight excluding hydrogens is 402 g/mol. The van der Waals surface area contributed by atoms with Crippen molar-refractivity contribution in [2.75, 3.05) is 13.1 Å².